The van der Waals surface area contributed by atoms with E-state index in [0.29, 0.717) is 51.6 Å². The number of likely N-dealkylation sites (tertiary alicyclic amines) is 1. The number of amides is 1. The maximum atomic E-state index is 11.2. The van der Waals surface area contributed by atoms with Crippen LogP contribution < -0.4 is 10.1 Å². The predicted molar refractivity (Wildman–Crippen MR) is 128 cm³/mol. The van der Waals surface area contributed by atoms with Gasteiger partial charge in [0, 0.05) is 48.5 Å². The van der Waals surface area contributed by atoms with Crippen molar-refractivity contribution in [2.45, 2.75) is 43.6 Å². The molecule has 3 aliphatic rings. The summed E-state index contributed by atoms with van der Waals surface area (Å²) in [6, 6.07) is 4.21. The molecule has 3 atom stereocenters. The second-order valence-electron chi connectivity index (χ2n) is 9.32. The maximum Gasteiger partial charge on any atom is 0.227 e. The molecular weight excluding hydrogens is 502 g/mol. The Balaban J connectivity index is 1.42. The number of aliphatic hydroxyl groups is 1. The van der Waals surface area contributed by atoms with Gasteiger partial charge in [-0.05, 0) is 36.1 Å². The van der Waals surface area contributed by atoms with Crippen LogP contribution in [0.4, 0.5) is 0 Å². The molecule has 2 aromatic heterocycles. The lowest BCUT2D eigenvalue weighted by Crippen LogP contribution is -2.65. The summed E-state index contributed by atoms with van der Waals surface area (Å²) in [5, 5.41) is 14.6. The highest BCUT2D eigenvalue weighted by molar-refractivity contribution is 9.10. The van der Waals surface area contributed by atoms with Crippen LogP contribution in [0.3, 0.4) is 0 Å². The number of fused-ring (bicyclic) bond motifs is 2. The summed E-state index contributed by atoms with van der Waals surface area (Å²) in [6.07, 6.45) is 7.70. The average Bonchev–Trinajstić information content (AvgIpc) is 3.49. The molecule has 0 bridgehead atoms. The highest BCUT2D eigenvalue weighted by Crippen LogP contribution is 2.41. The van der Waals surface area contributed by atoms with Crippen LogP contribution in [-0.4, -0.2) is 74.8 Å². The van der Waals surface area contributed by atoms with E-state index >= 15 is 0 Å². The number of halogens is 1. The van der Waals surface area contributed by atoms with Gasteiger partial charge < -0.3 is 24.8 Å². The van der Waals surface area contributed by atoms with E-state index in [1.807, 2.05) is 10.6 Å². The monoisotopic (exact) mass is 527 g/mol. The van der Waals surface area contributed by atoms with Gasteiger partial charge in [0.15, 0.2) is 5.65 Å². The summed E-state index contributed by atoms with van der Waals surface area (Å²) in [5.41, 5.74) is 4.33. The molecule has 5 heterocycles. The van der Waals surface area contributed by atoms with Crippen LogP contribution in [0.15, 0.2) is 35.2 Å². The number of aromatic nitrogens is 3. The van der Waals surface area contributed by atoms with Gasteiger partial charge in [0.25, 0.3) is 0 Å². The third-order valence-corrected chi connectivity index (χ3v) is 7.74. The molecular formula is C24H26BrN5O4. The summed E-state index contributed by atoms with van der Waals surface area (Å²) < 4.78 is 14.8. The van der Waals surface area contributed by atoms with Crippen molar-refractivity contribution in [3.8, 4) is 17.1 Å². The van der Waals surface area contributed by atoms with Gasteiger partial charge in [0.1, 0.15) is 11.8 Å². The van der Waals surface area contributed by atoms with Crippen LogP contribution in [0, 0.1) is 0 Å². The Labute approximate surface area is 205 Å². The normalized spacial score (nSPS) is 26.7. The number of hydrogen-bond donors (Lipinski definition) is 2. The lowest BCUT2D eigenvalue weighted by molar-refractivity contribution is -0.123. The number of imidazole rings is 1. The number of hydrogen-bond acceptors (Lipinski definition) is 7. The van der Waals surface area contributed by atoms with E-state index in [1.54, 1.807) is 17.3 Å². The van der Waals surface area contributed by atoms with Gasteiger partial charge in [-0.2, -0.15) is 0 Å². The van der Waals surface area contributed by atoms with Crippen molar-refractivity contribution in [1.29, 1.82) is 0 Å². The molecule has 0 saturated carbocycles. The molecule has 0 aliphatic carbocycles. The minimum Gasteiger partial charge on any atom is -0.471 e. The van der Waals surface area contributed by atoms with Crippen LogP contribution in [0.25, 0.3) is 16.9 Å². The highest BCUT2D eigenvalue weighted by Gasteiger charge is 2.44. The second-order valence-corrected chi connectivity index (χ2v) is 10.2. The number of ether oxygens (including phenoxy) is 2. The third-order valence-electron chi connectivity index (χ3n) is 7.28. The quantitative estimate of drug-likeness (QED) is 0.500. The van der Waals surface area contributed by atoms with E-state index in [1.165, 1.54) is 0 Å². The summed E-state index contributed by atoms with van der Waals surface area (Å²) >= 11 is 3.70. The molecule has 9 nitrogen and oxygen atoms in total. The Morgan fingerprint density at radius 2 is 2.29 bits per heavy atom. The summed E-state index contributed by atoms with van der Waals surface area (Å²) in [5.74, 6) is 0.688. The number of carbonyl (C=O) groups is 1. The molecule has 3 aliphatic heterocycles. The van der Waals surface area contributed by atoms with Gasteiger partial charge in [-0.3, -0.25) is 14.2 Å². The van der Waals surface area contributed by atoms with E-state index in [9.17, 15) is 9.90 Å². The van der Waals surface area contributed by atoms with Crippen LogP contribution in [-0.2, 0) is 22.5 Å². The number of β-amino-alcohol motifs (C(OH)–C–C–N with tert-alkyl or cyclic N) is 1. The zero-order valence-corrected chi connectivity index (χ0v) is 20.2. The number of piperidine rings is 1. The number of nitrogens with one attached hydrogen (secondary N) is 1. The summed E-state index contributed by atoms with van der Waals surface area (Å²) in [4.78, 5) is 22.0. The first-order chi connectivity index (χ1) is 16.6. The Hall–Kier alpha value is -2.53. The van der Waals surface area contributed by atoms with Crippen molar-refractivity contribution in [2.24, 2.45) is 0 Å². The lowest BCUT2D eigenvalue weighted by atomic mass is 9.75. The van der Waals surface area contributed by atoms with Crippen molar-refractivity contribution < 1.29 is 19.4 Å². The molecule has 1 aromatic carbocycles. The van der Waals surface area contributed by atoms with Crippen molar-refractivity contribution in [1.82, 2.24) is 24.6 Å². The number of carbonyl (C=O) groups excluding carboxylic acids is 1. The van der Waals surface area contributed by atoms with Crippen molar-refractivity contribution in [3.05, 3.63) is 46.3 Å². The molecule has 0 unspecified atom stereocenters. The number of rotatable bonds is 4. The second kappa shape index (κ2) is 8.60. The summed E-state index contributed by atoms with van der Waals surface area (Å²) in [6.45, 7) is 2.82. The molecule has 6 rings (SSSR count). The Morgan fingerprint density at radius 3 is 3.09 bits per heavy atom. The van der Waals surface area contributed by atoms with Gasteiger partial charge in [0.2, 0.25) is 12.3 Å². The summed E-state index contributed by atoms with van der Waals surface area (Å²) in [7, 11) is 0. The molecule has 178 valence electrons. The lowest BCUT2D eigenvalue weighted by Gasteiger charge is -2.48. The molecule has 2 N–H and O–H groups in total. The first kappa shape index (κ1) is 22.0. The van der Waals surface area contributed by atoms with E-state index in [-0.39, 0.29) is 6.10 Å². The van der Waals surface area contributed by atoms with Crippen LogP contribution >= 0.6 is 15.9 Å². The SMILES string of the molecule is O=CN1CC[C@]2(Cc3cc(Br)cc(-c4nc5cnccn5c4O[C@H]4CCOC4)c3CN2)[C@H](O)C1. The van der Waals surface area contributed by atoms with Gasteiger partial charge in [0.05, 0.1) is 31.1 Å². The zero-order chi connectivity index (χ0) is 23.3. The fourth-order valence-electron chi connectivity index (χ4n) is 5.38. The largest absolute Gasteiger partial charge is 0.471 e. The Bertz CT molecular complexity index is 1240. The van der Waals surface area contributed by atoms with Gasteiger partial charge in [-0.1, -0.05) is 15.9 Å². The van der Waals surface area contributed by atoms with E-state index in [4.69, 9.17) is 14.5 Å². The minimum absolute atomic E-state index is 0.0191. The van der Waals surface area contributed by atoms with Crippen molar-refractivity contribution >= 4 is 28.0 Å². The number of aliphatic hydroxyl groups excluding tert-OH is 1. The third kappa shape index (κ3) is 3.69. The fourth-order valence-corrected chi connectivity index (χ4v) is 5.89. The van der Waals surface area contributed by atoms with E-state index in [0.717, 1.165) is 45.3 Å². The first-order valence-electron chi connectivity index (χ1n) is 11.6. The van der Waals surface area contributed by atoms with E-state index in [2.05, 4.69) is 38.4 Å². The number of nitrogens with zero attached hydrogens (tertiary/aromatic N) is 4. The van der Waals surface area contributed by atoms with Crippen LogP contribution in [0.2, 0.25) is 0 Å². The molecule has 1 spiro atoms. The molecule has 2 saturated heterocycles. The standard InChI is InChI=1S/C24H26BrN5O4/c25-16-7-15-9-24(2-4-29(14-31)12-20(24)32)27-10-19(15)18(8-16)22-23(34-17-1-6-33-13-17)30-5-3-26-11-21(30)28-22/h3,5,7-8,11,14,17,20,27,32H,1-2,4,6,9-10,12-13H2/t17-,20+,24-/m0/s1. The number of benzene rings is 1. The van der Waals surface area contributed by atoms with Gasteiger partial charge >= 0.3 is 0 Å². The van der Waals surface area contributed by atoms with E-state index < -0.39 is 11.6 Å². The fraction of sp³-hybridized carbons (Fsp3) is 0.458. The highest BCUT2D eigenvalue weighted by atomic mass is 79.9. The van der Waals surface area contributed by atoms with Crippen LogP contribution in [0.1, 0.15) is 24.0 Å². The molecule has 3 aromatic rings. The Morgan fingerprint density at radius 1 is 1.38 bits per heavy atom. The first-order valence-corrected chi connectivity index (χ1v) is 12.4. The smallest absolute Gasteiger partial charge is 0.227 e. The average molecular weight is 528 g/mol. The molecule has 1 amide bonds. The topological polar surface area (TPSA) is 101 Å². The van der Waals surface area contributed by atoms with Crippen molar-refractivity contribution in [3.63, 3.8) is 0 Å². The van der Waals surface area contributed by atoms with Gasteiger partial charge in [-0.25, -0.2) is 4.98 Å². The molecule has 10 heteroatoms. The van der Waals surface area contributed by atoms with Crippen LogP contribution in [0.5, 0.6) is 5.88 Å². The predicted octanol–water partition coefficient (Wildman–Crippen LogP) is 1.93. The Kier molecular flexibility index (Phi) is 5.56. The minimum atomic E-state index is -0.635. The zero-order valence-electron chi connectivity index (χ0n) is 18.6. The van der Waals surface area contributed by atoms with Gasteiger partial charge in [-0.15, -0.1) is 0 Å². The molecule has 0 radical (unpaired) electrons. The maximum absolute atomic E-state index is 11.2. The molecule has 34 heavy (non-hydrogen) atoms. The van der Waals surface area contributed by atoms with Crippen molar-refractivity contribution in [2.75, 3.05) is 26.3 Å². The molecule has 2 fully saturated rings.